The van der Waals surface area contributed by atoms with E-state index in [9.17, 15) is 38.4 Å². The molecule has 2 aromatic rings. The molecule has 1 saturated heterocycles. The Morgan fingerprint density at radius 3 is 2.10 bits per heavy atom. The summed E-state index contributed by atoms with van der Waals surface area (Å²) in [4.78, 5) is 99.5. The van der Waals surface area contributed by atoms with Gasteiger partial charge in [-0.25, -0.2) is 5.84 Å². The molecule has 0 saturated carbocycles. The molecule has 4 rings (SSSR count). The predicted molar refractivity (Wildman–Crippen MR) is 261 cm³/mol. The second-order valence-electron chi connectivity index (χ2n) is 16.3. The lowest BCUT2D eigenvalue weighted by atomic mass is 9.95. The number of imide groups is 1. The smallest absolute Gasteiger partial charge is 0.242 e. The minimum Gasteiger partial charge on any atom is -0.396 e. The van der Waals surface area contributed by atoms with E-state index >= 15 is 0 Å². The number of benzene rings is 2. The average molecular weight is 997 g/mol. The fourth-order valence-electron chi connectivity index (χ4n) is 7.49. The van der Waals surface area contributed by atoms with Crippen molar-refractivity contribution in [2.45, 2.75) is 75.7 Å². The van der Waals surface area contributed by atoms with E-state index in [1.165, 1.54) is 16.8 Å². The van der Waals surface area contributed by atoms with E-state index in [-0.39, 0.29) is 107 Å². The van der Waals surface area contributed by atoms with Crippen LogP contribution in [-0.2, 0) is 63.8 Å². The van der Waals surface area contributed by atoms with Gasteiger partial charge < -0.3 is 61.6 Å². The van der Waals surface area contributed by atoms with Gasteiger partial charge in [-0.2, -0.15) is 0 Å². The summed E-state index contributed by atoms with van der Waals surface area (Å²) in [6.07, 6.45) is 2.68. The van der Waals surface area contributed by atoms with Crippen molar-refractivity contribution in [1.82, 2.24) is 31.2 Å². The molecule has 2 aromatic carbocycles. The third-order valence-corrected chi connectivity index (χ3v) is 12.6. The Kier molecular flexibility index (Phi) is 25.2. The molecule has 0 aromatic heterocycles. The van der Waals surface area contributed by atoms with Crippen molar-refractivity contribution in [2.24, 2.45) is 17.3 Å². The van der Waals surface area contributed by atoms with E-state index in [2.05, 4.69) is 21.3 Å². The molecule has 0 radical (unpaired) electrons. The fraction of sp³-hybridized carbons (Fsp3) is 0.532. The second-order valence-corrected chi connectivity index (χ2v) is 17.6. The average Bonchev–Trinajstić information content (AvgIpc) is 3.61. The molecule has 0 spiro atoms. The summed E-state index contributed by atoms with van der Waals surface area (Å²) in [7, 11) is 0. The number of unbranched alkanes of at least 4 members (excludes halogenated alkanes) is 1. The van der Waals surface area contributed by atoms with E-state index in [0.29, 0.717) is 100 Å². The lowest BCUT2D eigenvalue weighted by molar-refractivity contribution is -0.138. The number of primary amides is 1. The minimum atomic E-state index is -0.784. The first-order valence-corrected chi connectivity index (χ1v) is 24.4. The highest BCUT2D eigenvalue weighted by Crippen LogP contribution is 2.37. The number of hydrogen-bond donors (Lipinski definition) is 7. The van der Waals surface area contributed by atoms with Crippen LogP contribution in [0.15, 0.2) is 48.5 Å². The molecule has 2 aliphatic heterocycles. The molecule has 0 aliphatic carbocycles. The Labute approximate surface area is 412 Å². The topological polar surface area (TPSA) is 309 Å². The Morgan fingerprint density at radius 1 is 0.800 bits per heavy atom. The maximum absolute atomic E-state index is 13.9. The van der Waals surface area contributed by atoms with Gasteiger partial charge in [0.05, 0.1) is 81.7 Å². The zero-order valence-corrected chi connectivity index (χ0v) is 40.6. The number of hydrazine groups is 1. The standard InChI is InChI=1S/C47H68N10O12S/c1-33(53-31-58)30-70-39-28-43(63)55(47(39)65)19-14-40(60)52-17-21-67-23-25-69-27-26-68-24-22-66-20-15-41(61)51-16-13-42(62)56-29-34-8-2-3-9-35(34)44(48)45(36-10-4-5-12-38(36)56)57(50)18-7-6-11-37(46(49)64)54-32-59/h2-5,8-10,12,31-33,37,39H,6-7,11,13-30,48,50H2,1H3,(H2,49,64)(H,51,61)(H,52,60)(H,53,58)(H,54,59)/b45-44-. The summed E-state index contributed by atoms with van der Waals surface area (Å²) in [6.45, 7) is 5.08. The van der Waals surface area contributed by atoms with Crippen LogP contribution in [0.1, 0.15) is 68.6 Å². The summed E-state index contributed by atoms with van der Waals surface area (Å²) in [5.41, 5.74) is 16.0. The van der Waals surface area contributed by atoms with Gasteiger partial charge in [-0.15, -0.1) is 11.8 Å². The molecule has 8 amide bonds. The maximum Gasteiger partial charge on any atom is 0.242 e. The van der Waals surface area contributed by atoms with Crippen molar-refractivity contribution in [3.05, 3.63) is 65.2 Å². The number of amides is 8. The number of thioether (sulfide) groups is 1. The maximum atomic E-state index is 13.9. The third kappa shape index (κ3) is 18.7. The van der Waals surface area contributed by atoms with Crippen LogP contribution in [0.3, 0.4) is 0 Å². The summed E-state index contributed by atoms with van der Waals surface area (Å²) in [6, 6.07) is 13.9. The summed E-state index contributed by atoms with van der Waals surface area (Å²) in [5, 5.41) is 11.6. The second kappa shape index (κ2) is 31.2. The van der Waals surface area contributed by atoms with E-state index in [1.807, 2.05) is 48.5 Å². The Bertz CT molecular complexity index is 2100. The highest BCUT2D eigenvalue weighted by molar-refractivity contribution is 8.00. The molecule has 2 heterocycles. The predicted octanol–water partition coefficient (Wildman–Crippen LogP) is -0.272. The summed E-state index contributed by atoms with van der Waals surface area (Å²) in [5.74, 6) is 5.15. The van der Waals surface area contributed by atoms with Crippen molar-refractivity contribution in [3.8, 4) is 0 Å². The van der Waals surface area contributed by atoms with Crippen LogP contribution in [0.2, 0.25) is 0 Å². The number of likely N-dealkylation sites (tertiary alicyclic amines) is 1. The lowest BCUT2D eigenvalue weighted by Gasteiger charge is -2.33. The molecule has 23 heteroatoms. The normalized spacial score (nSPS) is 16.3. The largest absolute Gasteiger partial charge is 0.396 e. The zero-order chi connectivity index (χ0) is 50.7. The Balaban J connectivity index is 1.05. The molecule has 70 heavy (non-hydrogen) atoms. The quantitative estimate of drug-likeness (QED) is 0.0154. The Hall–Kier alpha value is -6.11. The number of ether oxygens (including phenoxy) is 4. The van der Waals surface area contributed by atoms with E-state index in [1.54, 1.807) is 11.8 Å². The van der Waals surface area contributed by atoms with E-state index in [0.717, 1.165) is 16.0 Å². The van der Waals surface area contributed by atoms with Crippen molar-refractivity contribution in [1.29, 1.82) is 0 Å². The van der Waals surface area contributed by atoms with Gasteiger partial charge in [-0.3, -0.25) is 43.3 Å². The van der Waals surface area contributed by atoms with Crippen LogP contribution in [0.25, 0.3) is 11.4 Å². The summed E-state index contributed by atoms with van der Waals surface area (Å²) >= 11 is 1.32. The third-order valence-electron chi connectivity index (χ3n) is 11.2. The number of nitrogens with zero attached hydrogens (tertiary/aromatic N) is 3. The molecule has 22 nitrogen and oxygen atoms in total. The molecule has 0 bridgehead atoms. The molecule has 1 fully saturated rings. The number of anilines is 1. The zero-order valence-electron chi connectivity index (χ0n) is 39.7. The lowest BCUT2D eigenvalue weighted by Crippen LogP contribution is -2.40. The molecule has 2 aliphatic rings. The van der Waals surface area contributed by atoms with Gasteiger partial charge in [0, 0.05) is 74.8 Å². The van der Waals surface area contributed by atoms with Gasteiger partial charge >= 0.3 is 0 Å². The van der Waals surface area contributed by atoms with E-state index in [4.69, 9.17) is 36.3 Å². The number of nitrogens with two attached hydrogens (primary N) is 3. The molecule has 3 unspecified atom stereocenters. The molecular weight excluding hydrogens is 929 g/mol. The van der Waals surface area contributed by atoms with Crippen LogP contribution in [0.4, 0.5) is 5.69 Å². The molecule has 3 atom stereocenters. The van der Waals surface area contributed by atoms with Gasteiger partial charge in [0.1, 0.15) is 6.04 Å². The first kappa shape index (κ1) is 56.5. The van der Waals surface area contributed by atoms with Gasteiger partial charge in [0.2, 0.25) is 48.3 Å². The number of rotatable bonds is 35. The highest BCUT2D eigenvalue weighted by atomic mass is 32.2. The van der Waals surface area contributed by atoms with Crippen LogP contribution in [0, 0.1) is 0 Å². The number of carbonyl (C=O) groups excluding carboxylic acids is 8. The van der Waals surface area contributed by atoms with Crippen LogP contribution < -0.4 is 43.5 Å². The van der Waals surface area contributed by atoms with Crippen molar-refractivity contribution >= 4 is 77.1 Å². The molecule has 384 valence electrons. The number of nitrogens with one attached hydrogen (secondary N) is 4. The number of para-hydroxylation sites is 1. The van der Waals surface area contributed by atoms with Gasteiger partial charge in [0.15, 0.2) is 0 Å². The minimum absolute atomic E-state index is 0.00831. The van der Waals surface area contributed by atoms with Crippen LogP contribution in [0.5, 0.6) is 0 Å². The van der Waals surface area contributed by atoms with Crippen LogP contribution in [-0.4, -0.2) is 160 Å². The van der Waals surface area contributed by atoms with Crippen LogP contribution >= 0.6 is 11.8 Å². The van der Waals surface area contributed by atoms with E-state index < -0.39 is 17.2 Å². The first-order valence-electron chi connectivity index (χ1n) is 23.3. The van der Waals surface area contributed by atoms with Gasteiger partial charge in [-0.1, -0.05) is 42.5 Å². The number of hydrogen-bond acceptors (Lipinski definition) is 16. The molecule has 10 N–H and O–H groups in total. The number of fused-ring (bicyclic) bond motifs is 2. The van der Waals surface area contributed by atoms with Gasteiger partial charge in [-0.05, 0) is 37.8 Å². The highest BCUT2D eigenvalue weighted by Gasteiger charge is 2.39. The SMILES string of the molecule is CC(CSC1CC(=O)N(CCC(=O)NCCOCCOCCOCCOCCC(=O)NCCC(=O)N2Cc3ccccc3/C(N)=C(/N(N)CCCCC(NC=O)C(N)=O)c3ccccc32)C1=O)NC=O. The fourth-order valence-corrected chi connectivity index (χ4v) is 8.64. The Morgan fingerprint density at radius 2 is 1.41 bits per heavy atom. The first-order chi connectivity index (χ1) is 33.9. The van der Waals surface area contributed by atoms with Crippen molar-refractivity contribution in [2.75, 3.05) is 89.7 Å². The molecular formula is C47H68N10O12S. The van der Waals surface area contributed by atoms with Crippen molar-refractivity contribution in [3.63, 3.8) is 0 Å². The van der Waals surface area contributed by atoms with Gasteiger partial charge in [0.25, 0.3) is 0 Å². The summed E-state index contributed by atoms with van der Waals surface area (Å²) < 4.78 is 22.0. The van der Waals surface area contributed by atoms with Crippen molar-refractivity contribution < 1.29 is 57.3 Å². The number of carbonyl (C=O) groups is 8. The monoisotopic (exact) mass is 996 g/mol.